The van der Waals surface area contributed by atoms with Gasteiger partial charge in [-0.3, -0.25) is 4.79 Å². The van der Waals surface area contributed by atoms with E-state index in [0.29, 0.717) is 26.1 Å². The molecule has 1 saturated heterocycles. The van der Waals surface area contributed by atoms with Gasteiger partial charge in [-0.15, -0.1) is 0 Å². The summed E-state index contributed by atoms with van der Waals surface area (Å²) in [7, 11) is 0. The van der Waals surface area contributed by atoms with E-state index in [2.05, 4.69) is 18.4 Å². The summed E-state index contributed by atoms with van der Waals surface area (Å²) in [4.78, 5) is 13.3. The average molecular weight is 547 g/mol. The Labute approximate surface area is 238 Å². The van der Waals surface area contributed by atoms with Crippen LogP contribution >= 0.6 is 0 Å². The highest BCUT2D eigenvalue weighted by molar-refractivity contribution is 5.73. The fourth-order valence-corrected chi connectivity index (χ4v) is 5.50. The highest BCUT2D eigenvalue weighted by atomic mass is 16.6. The number of fused-ring (bicyclic) bond motifs is 8. The molecule has 0 radical (unpaired) electrons. The average Bonchev–Trinajstić information content (AvgIpc) is 2.97. The number of ether oxygens (including phenoxy) is 4. The van der Waals surface area contributed by atoms with Crippen molar-refractivity contribution in [2.75, 3.05) is 0 Å². The van der Waals surface area contributed by atoms with Crippen molar-refractivity contribution in [3.8, 4) is 0 Å². The number of benzene rings is 2. The molecular weight excluding hydrogens is 504 g/mol. The first-order valence-corrected chi connectivity index (χ1v) is 14.3. The number of aliphatic hydroxyl groups excluding tert-OH is 1. The van der Waals surface area contributed by atoms with E-state index in [1.54, 1.807) is 6.92 Å². The molecule has 2 aromatic carbocycles. The van der Waals surface area contributed by atoms with E-state index in [-0.39, 0.29) is 12.0 Å². The van der Waals surface area contributed by atoms with Crippen LogP contribution in [-0.2, 0) is 37.0 Å². The Bertz CT molecular complexity index is 1210. The van der Waals surface area contributed by atoms with Gasteiger partial charge in [0, 0.05) is 5.57 Å². The fourth-order valence-electron chi connectivity index (χ4n) is 5.50. The van der Waals surface area contributed by atoms with Crippen LogP contribution in [0.1, 0.15) is 58.6 Å². The van der Waals surface area contributed by atoms with Gasteiger partial charge >= 0.3 is 5.97 Å². The number of esters is 1. The predicted molar refractivity (Wildman–Crippen MR) is 153 cm³/mol. The molecule has 5 rings (SSSR count). The van der Waals surface area contributed by atoms with Gasteiger partial charge in [-0.05, 0) is 56.7 Å². The molecule has 3 heterocycles. The lowest BCUT2D eigenvalue weighted by molar-refractivity contribution is -0.321. The summed E-state index contributed by atoms with van der Waals surface area (Å²) < 4.78 is 24.9. The zero-order chi connectivity index (χ0) is 28.7. The van der Waals surface area contributed by atoms with E-state index < -0.39 is 41.9 Å². The Morgan fingerprint density at radius 3 is 2.17 bits per heavy atom. The Morgan fingerprint density at radius 2 is 1.60 bits per heavy atom. The van der Waals surface area contributed by atoms with Crippen molar-refractivity contribution in [1.82, 2.24) is 0 Å². The highest BCUT2D eigenvalue weighted by Gasteiger charge is 2.57. The predicted octanol–water partition coefficient (Wildman–Crippen LogP) is 5.93. The lowest BCUT2D eigenvalue weighted by Crippen LogP contribution is -2.68. The van der Waals surface area contributed by atoms with Crippen LogP contribution in [-0.4, -0.2) is 47.2 Å². The molecule has 0 amide bonds. The second kappa shape index (κ2) is 13.6. The molecular formula is C34H42O6. The number of carbonyl (C=O) groups is 1. The second-order valence-electron chi connectivity index (χ2n) is 11.3. The monoisotopic (exact) mass is 546 g/mol. The molecule has 6 nitrogen and oxygen atoms in total. The van der Waals surface area contributed by atoms with Gasteiger partial charge < -0.3 is 24.1 Å². The van der Waals surface area contributed by atoms with E-state index in [1.807, 2.05) is 87.5 Å². The lowest BCUT2D eigenvalue weighted by atomic mass is 9.75. The smallest absolute Gasteiger partial charge is 0.312 e. The minimum atomic E-state index is -0.827. The number of aliphatic hydroxyl groups is 1. The quantitative estimate of drug-likeness (QED) is 0.343. The molecule has 214 valence electrons. The molecule has 1 fully saturated rings. The lowest BCUT2D eigenvalue weighted by Gasteiger charge is -2.54. The molecule has 3 aliphatic rings. The van der Waals surface area contributed by atoms with Gasteiger partial charge in [0.05, 0.1) is 36.9 Å². The summed E-state index contributed by atoms with van der Waals surface area (Å²) in [6.45, 7) is 10.4. The van der Waals surface area contributed by atoms with Crippen molar-refractivity contribution in [1.29, 1.82) is 0 Å². The summed E-state index contributed by atoms with van der Waals surface area (Å²) in [5.74, 6) is -1.05. The first-order valence-electron chi connectivity index (χ1n) is 14.3. The normalized spacial score (nSPS) is 32.8. The number of hydrogen-bond acceptors (Lipinski definition) is 6. The van der Waals surface area contributed by atoms with Crippen molar-refractivity contribution in [2.24, 2.45) is 11.8 Å². The maximum Gasteiger partial charge on any atom is 0.312 e. The van der Waals surface area contributed by atoms with Crippen LogP contribution in [0.2, 0.25) is 0 Å². The fraction of sp³-hybridized carbons (Fsp3) is 0.500. The summed E-state index contributed by atoms with van der Waals surface area (Å²) in [6.07, 6.45) is 0.0998. The first-order chi connectivity index (χ1) is 19.2. The van der Waals surface area contributed by atoms with Crippen molar-refractivity contribution >= 4 is 5.97 Å². The second-order valence-corrected chi connectivity index (χ2v) is 11.3. The maximum absolute atomic E-state index is 13.3. The number of carbonyl (C=O) groups excluding carboxylic acids is 1. The van der Waals surface area contributed by atoms with Gasteiger partial charge in [0.15, 0.2) is 0 Å². The molecule has 0 unspecified atom stereocenters. The third-order valence-electron chi connectivity index (χ3n) is 8.02. The number of rotatable bonds is 7. The van der Waals surface area contributed by atoms with Gasteiger partial charge in [0.1, 0.15) is 18.3 Å². The summed E-state index contributed by atoms with van der Waals surface area (Å²) in [6, 6.07) is 19.8. The third-order valence-corrected chi connectivity index (χ3v) is 8.02. The minimum absolute atomic E-state index is 0.00464. The van der Waals surface area contributed by atoms with Gasteiger partial charge in [0.2, 0.25) is 0 Å². The molecule has 0 spiro atoms. The Balaban J connectivity index is 1.62. The van der Waals surface area contributed by atoms with Gasteiger partial charge in [-0.1, -0.05) is 86.0 Å². The van der Waals surface area contributed by atoms with Crippen LogP contribution in [0.4, 0.5) is 0 Å². The minimum Gasteiger partial charge on any atom is -0.457 e. The molecule has 0 saturated carbocycles. The molecule has 8 atom stereocenters. The SMILES string of the molecule is CC[C@H]1OC(=O)[C@H](C)[C@@H](OCc2ccccc2)[C@@H]2O[C@@](C)(C[C@@H](C)[C@H](OCc3ccccc3)C=C=C=C1C)[C@@H]2O. The van der Waals surface area contributed by atoms with Crippen LogP contribution in [0, 0.1) is 11.8 Å². The maximum atomic E-state index is 13.3. The molecule has 2 aromatic rings. The summed E-state index contributed by atoms with van der Waals surface area (Å²) in [5, 5.41) is 11.4. The zero-order valence-electron chi connectivity index (χ0n) is 24.2. The molecule has 0 aliphatic carbocycles. The van der Waals surface area contributed by atoms with Crippen molar-refractivity contribution in [2.45, 2.75) is 96.8 Å². The third kappa shape index (κ3) is 7.21. The molecule has 3 aliphatic heterocycles. The Morgan fingerprint density at radius 1 is 1.00 bits per heavy atom. The van der Waals surface area contributed by atoms with Crippen LogP contribution in [0.5, 0.6) is 0 Å². The Kier molecular flexibility index (Phi) is 10.2. The van der Waals surface area contributed by atoms with Crippen LogP contribution in [0.15, 0.2) is 83.8 Å². The van der Waals surface area contributed by atoms with E-state index >= 15 is 0 Å². The van der Waals surface area contributed by atoms with Gasteiger partial charge in [-0.2, -0.15) is 0 Å². The standard InChI is InChI=1S/C34H42O6/c1-6-28-23(2)14-13-19-29(37-21-26-15-9-7-10-16-26)24(3)20-34(5)32(35)31(40-34)30(25(4)33(36)39-28)38-22-27-17-11-8-12-18-27/h7-12,15-19,24-25,28-32,35H,6,20-22H2,1-5H3/t24-,25-,28-,29-,30-,31+,32-,34+/m1/s1. The van der Waals surface area contributed by atoms with E-state index in [1.165, 1.54) is 0 Å². The van der Waals surface area contributed by atoms with Crippen molar-refractivity contribution in [3.63, 3.8) is 0 Å². The molecule has 0 aromatic heterocycles. The molecule has 2 bridgehead atoms. The molecule has 1 N–H and O–H groups in total. The van der Waals surface area contributed by atoms with Crippen molar-refractivity contribution < 1.29 is 28.8 Å². The van der Waals surface area contributed by atoms with Crippen molar-refractivity contribution in [3.05, 3.63) is 94.9 Å². The highest BCUT2D eigenvalue weighted by Crippen LogP contribution is 2.43. The van der Waals surface area contributed by atoms with E-state index in [0.717, 1.165) is 16.7 Å². The topological polar surface area (TPSA) is 74.2 Å². The molecule has 40 heavy (non-hydrogen) atoms. The number of hydrogen-bond donors (Lipinski definition) is 1. The van der Waals surface area contributed by atoms with E-state index in [4.69, 9.17) is 18.9 Å². The largest absolute Gasteiger partial charge is 0.457 e. The van der Waals surface area contributed by atoms with Crippen LogP contribution in [0.25, 0.3) is 0 Å². The Hall–Kier alpha value is -2.95. The molecule has 6 heteroatoms. The van der Waals surface area contributed by atoms with Gasteiger partial charge in [-0.25, -0.2) is 0 Å². The van der Waals surface area contributed by atoms with E-state index in [9.17, 15) is 9.90 Å². The summed E-state index contributed by atoms with van der Waals surface area (Å²) in [5.41, 5.74) is 8.34. The van der Waals surface area contributed by atoms with Gasteiger partial charge in [0.25, 0.3) is 0 Å². The zero-order valence-corrected chi connectivity index (χ0v) is 24.2. The van der Waals surface area contributed by atoms with Crippen LogP contribution < -0.4 is 0 Å². The summed E-state index contributed by atoms with van der Waals surface area (Å²) >= 11 is 0. The first kappa shape index (κ1) is 30.0. The van der Waals surface area contributed by atoms with Crippen LogP contribution in [0.3, 0.4) is 0 Å².